The maximum atomic E-state index is 11.3. The first-order valence-electron chi connectivity index (χ1n) is 6.52. The summed E-state index contributed by atoms with van der Waals surface area (Å²) in [6.45, 7) is 4.16. The number of nitrogens with two attached hydrogens (primary N) is 1. The zero-order valence-electron chi connectivity index (χ0n) is 11.4. The summed E-state index contributed by atoms with van der Waals surface area (Å²) in [7, 11) is 0. The summed E-state index contributed by atoms with van der Waals surface area (Å²) in [6, 6.07) is 3.78. The lowest BCUT2D eigenvalue weighted by molar-refractivity contribution is -0.116. The van der Waals surface area contributed by atoms with E-state index in [9.17, 15) is 4.79 Å². The third-order valence-corrected chi connectivity index (χ3v) is 3.38. The number of nitrogen functional groups attached to an aromatic ring is 1. The van der Waals surface area contributed by atoms with Crippen molar-refractivity contribution >= 4 is 23.0 Å². The Hall–Kier alpha value is -1.75. The average Bonchev–Trinajstić information content (AvgIpc) is 2.30. The second kappa shape index (κ2) is 5.09. The van der Waals surface area contributed by atoms with Gasteiger partial charge in [0.1, 0.15) is 0 Å². The van der Waals surface area contributed by atoms with Crippen LogP contribution in [0.5, 0.6) is 0 Å². The van der Waals surface area contributed by atoms with Gasteiger partial charge in [0.25, 0.3) is 0 Å². The zero-order chi connectivity index (χ0) is 14.0. The lowest BCUT2D eigenvalue weighted by Crippen LogP contribution is -2.32. The highest BCUT2D eigenvalue weighted by Gasteiger charge is 2.21. The summed E-state index contributed by atoms with van der Waals surface area (Å²) >= 11 is 0. The molecule has 1 aromatic rings. The fourth-order valence-corrected chi connectivity index (χ4v) is 2.26. The monoisotopic (exact) mass is 263 g/mol. The molecule has 2 rings (SSSR count). The SMILES string of the molecule is CC(C)(CCO)Nc1cc2c(cc1N)NC(=O)CC2. The molecule has 0 fully saturated rings. The Morgan fingerprint density at radius 2 is 2.16 bits per heavy atom. The van der Waals surface area contributed by atoms with E-state index in [-0.39, 0.29) is 18.1 Å². The number of aliphatic hydroxyl groups excluding tert-OH is 1. The topological polar surface area (TPSA) is 87.4 Å². The van der Waals surface area contributed by atoms with Gasteiger partial charge in [0.15, 0.2) is 0 Å². The standard InChI is InChI=1S/C14H21N3O2/c1-14(2,5-6-18)17-12-7-9-3-4-13(19)16-11(9)8-10(12)15/h7-8,17-18H,3-6,15H2,1-2H3,(H,16,19). The number of fused-ring (bicyclic) bond motifs is 1. The number of aryl methyl sites for hydroxylation is 1. The summed E-state index contributed by atoms with van der Waals surface area (Å²) in [5, 5.41) is 15.2. The van der Waals surface area contributed by atoms with Crippen LogP contribution in [-0.2, 0) is 11.2 Å². The number of hydrogen-bond donors (Lipinski definition) is 4. The van der Waals surface area contributed by atoms with Gasteiger partial charge >= 0.3 is 0 Å². The first kappa shape index (κ1) is 13.7. The minimum atomic E-state index is -0.227. The molecule has 1 aromatic carbocycles. The van der Waals surface area contributed by atoms with E-state index >= 15 is 0 Å². The van der Waals surface area contributed by atoms with E-state index in [4.69, 9.17) is 10.8 Å². The molecule has 5 nitrogen and oxygen atoms in total. The van der Waals surface area contributed by atoms with Crippen LogP contribution < -0.4 is 16.4 Å². The van der Waals surface area contributed by atoms with Crippen LogP contribution in [0.2, 0.25) is 0 Å². The molecule has 0 aromatic heterocycles. The van der Waals surface area contributed by atoms with Crippen LogP contribution in [-0.4, -0.2) is 23.2 Å². The highest BCUT2D eigenvalue weighted by molar-refractivity contribution is 5.95. The maximum Gasteiger partial charge on any atom is 0.224 e. The molecule has 0 saturated heterocycles. The Bertz CT molecular complexity index is 498. The zero-order valence-corrected chi connectivity index (χ0v) is 11.4. The second-order valence-electron chi connectivity index (χ2n) is 5.63. The molecule has 0 spiro atoms. The molecule has 0 atom stereocenters. The van der Waals surface area contributed by atoms with Crippen molar-refractivity contribution in [1.29, 1.82) is 0 Å². The molecule has 0 aliphatic carbocycles. The molecule has 1 heterocycles. The number of anilines is 3. The van der Waals surface area contributed by atoms with Gasteiger partial charge in [-0.1, -0.05) is 0 Å². The van der Waals surface area contributed by atoms with Crippen molar-refractivity contribution in [2.75, 3.05) is 23.0 Å². The fourth-order valence-electron chi connectivity index (χ4n) is 2.26. The van der Waals surface area contributed by atoms with Gasteiger partial charge in [0.2, 0.25) is 5.91 Å². The second-order valence-corrected chi connectivity index (χ2v) is 5.63. The van der Waals surface area contributed by atoms with Crippen LogP contribution in [0.25, 0.3) is 0 Å². The van der Waals surface area contributed by atoms with Crippen molar-refractivity contribution in [1.82, 2.24) is 0 Å². The van der Waals surface area contributed by atoms with Crippen LogP contribution in [0.1, 0.15) is 32.3 Å². The molecule has 0 radical (unpaired) electrons. The molecule has 5 heteroatoms. The van der Waals surface area contributed by atoms with Gasteiger partial charge in [-0.25, -0.2) is 0 Å². The number of nitrogens with one attached hydrogen (secondary N) is 2. The van der Waals surface area contributed by atoms with E-state index < -0.39 is 0 Å². The van der Waals surface area contributed by atoms with Crippen molar-refractivity contribution in [2.45, 2.75) is 38.6 Å². The number of aliphatic hydroxyl groups is 1. The summed E-state index contributed by atoms with van der Waals surface area (Å²) < 4.78 is 0. The summed E-state index contributed by atoms with van der Waals surface area (Å²) in [5.41, 5.74) is 9.15. The lowest BCUT2D eigenvalue weighted by atomic mass is 9.98. The number of amides is 1. The molecule has 19 heavy (non-hydrogen) atoms. The first-order chi connectivity index (χ1) is 8.91. The average molecular weight is 263 g/mol. The van der Waals surface area contributed by atoms with Crippen molar-refractivity contribution in [3.05, 3.63) is 17.7 Å². The third-order valence-electron chi connectivity index (χ3n) is 3.38. The largest absolute Gasteiger partial charge is 0.397 e. The molecule has 0 unspecified atom stereocenters. The van der Waals surface area contributed by atoms with E-state index in [2.05, 4.69) is 10.6 Å². The van der Waals surface area contributed by atoms with Crippen molar-refractivity contribution in [3.63, 3.8) is 0 Å². The number of carbonyl (C=O) groups excluding carboxylic acids is 1. The van der Waals surface area contributed by atoms with E-state index in [0.717, 1.165) is 23.4 Å². The fraction of sp³-hybridized carbons (Fsp3) is 0.500. The molecule has 1 amide bonds. The Kier molecular flexibility index (Phi) is 3.66. The predicted molar refractivity (Wildman–Crippen MR) is 77.2 cm³/mol. The van der Waals surface area contributed by atoms with Crippen molar-refractivity contribution < 1.29 is 9.90 Å². The Balaban J connectivity index is 2.25. The molecule has 1 aliphatic rings. The summed E-state index contributed by atoms with van der Waals surface area (Å²) in [6.07, 6.45) is 1.88. The third kappa shape index (κ3) is 3.17. The van der Waals surface area contributed by atoms with E-state index in [1.807, 2.05) is 19.9 Å². The van der Waals surface area contributed by atoms with Crippen LogP contribution in [0.4, 0.5) is 17.1 Å². The molecular weight excluding hydrogens is 242 g/mol. The Labute approximate surface area is 113 Å². The van der Waals surface area contributed by atoms with Gasteiger partial charge in [-0.2, -0.15) is 0 Å². The van der Waals surface area contributed by atoms with E-state index in [1.165, 1.54) is 0 Å². The molecule has 5 N–H and O–H groups in total. The van der Waals surface area contributed by atoms with Gasteiger partial charge < -0.3 is 21.5 Å². The van der Waals surface area contributed by atoms with Crippen LogP contribution >= 0.6 is 0 Å². The van der Waals surface area contributed by atoms with Crippen LogP contribution in [0.3, 0.4) is 0 Å². The smallest absolute Gasteiger partial charge is 0.224 e. The lowest BCUT2D eigenvalue weighted by Gasteiger charge is -2.29. The number of benzene rings is 1. The van der Waals surface area contributed by atoms with Gasteiger partial charge in [-0.3, -0.25) is 4.79 Å². The van der Waals surface area contributed by atoms with Crippen molar-refractivity contribution in [3.8, 4) is 0 Å². The predicted octanol–water partition coefficient (Wildman–Crippen LogP) is 1.73. The molecule has 0 bridgehead atoms. The molecule has 104 valence electrons. The van der Waals surface area contributed by atoms with Gasteiger partial charge in [0, 0.05) is 24.3 Å². The van der Waals surface area contributed by atoms with E-state index in [1.54, 1.807) is 6.07 Å². The number of hydrogen-bond acceptors (Lipinski definition) is 4. The van der Waals surface area contributed by atoms with Crippen molar-refractivity contribution in [2.24, 2.45) is 0 Å². The quantitative estimate of drug-likeness (QED) is 0.623. The van der Waals surface area contributed by atoms with Gasteiger partial charge in [0.05, 0.1) is 11.4 Å². The van der Waals surface area contributed by atoms with Gasteiger partial charge in [-0.05, 0) is 44.4 Å². The summed E-state index contributed by atoms with van der Waals surface area (Å²) in [4.78, 5) is 11.3. The Morgan fingerprint density at radius 3 is 2.84 bits per heavy atom. The van der Waals surface area contributed by atoms with Gasteiger partial charge in [-0.15, -0.1) is 0 Å². The number of carbonyl (C=O) groups is 1. The highest BCUT2D eigenvalue weighted by atomic mass is 16.3. The summed E-state index contributed by atoms with van der Waals surface area (Å²) in [5.74, 6) is 0.0354. The minimum Gasteiger partial charge on any atom is -0.397 e. The number of rotatable bonds is 4. The molecule has 1 aliphatic heterocycles. The van der Waals surface area contributed by atoms with Crippen LogP contribution in [0, 0.1) is 0 Å². The normalized spacial score (nSPS) is 14.8. The minimum absolute atomic E-state index is 0.0354. The highest BCUT2D eigenvalue weighted by Crippen LogP contribution is 2.32. The van der Waals surface area contributed by atoms with E-state index in [0.29, 0.717) is 18.5 Å². The van der Waals surface area contributed by atoms with Crippen LogP contribution in [0.15, 0.2) is 12.1 Å². The Morgan fingerprint density at radius 1 is 1.42 bits per heavy atom. The molecular formula is C14H21N3O2. The first-order valence-corrected chi connectivity index (χ1v) is 6.52. The maximum absolute atomic E-state index is 11.3. The molecule has 0 saturated carbocycles.